The van der Waals surface area contributed by atoms with Crippen LogP contribution in [-0.4, -0.2) is 51.3 Å². The predicted molar refractivity (Wildman–Crippen MR) is 81.3 cm³/mol. The lowest BCUT2D eigenvalue weighted by Gasteiger charge is -2.29. The third-order valence-corrected chi connectivity index (χ3v) is 3.93. The number of aliphatic hydroxyl groups excluding tert-OH is 1. The van der Waals surface area contributed by atoms with Crippen LogP contribution >= 0.6 is 23.4 Å². The lowest BCUT2D eigenvalue weighted by molar-refractivity contribution is 0.0615. The zero-order valence-electron chi connectivity index (χ0n) is 12.0. The van der Waals surface area contributed by atoms with Gasteiger partial charge in [0, 0.05) is 12.6 Å². The van der Waals surface area contributed by atoms with Crippen LogP contribution in [0.3, 0.4) is 0 Å². The van der Waals surface area contributed by atoms with Gasteiger partial charge in [-0.05, 0) is 19.1 Å². The van der Waals surface area contributed by atoms with Gasteiger partial charge in [-0.1, -0.05) is 37.2 Å². The van der Waals surface area contributed by atoms with E-state index in [0.717, 1.165) is 12.8 Å². The molecular formula is C13H20ClN3O2S. The van der Waals surface area contributed by atoms with Crippen molar-refractivity contribution in [3.63, 3.8) is 0 Å². The first-order valence-corrected chi connectivity index (χ1v) is 8.17. The standard InChI is InChI=1S/C13H20ClN3O2S/c1-4-9(5-2)17(6-7-18)12(19)11-10(14)8-15-13(16-11)20-3/h8-9,18H,4-7H2,1-3H3. The predicted octanol–water partition coefficient (Wildman–Crippen LogP) is 2.48. The van der Waals surface area contributed by atoms with E-state index in [4.69, 9.17) is 11.6 Å². The Balaban J connectivity index is 3.11. The van der Waals surface area contributed by atoms with Crippen molar-refractivity contribution in [2.24, 2.45) is 0 Å². The summed E-state index contributed by atoms with van der Waals surface area (Å²) in [5, 5.41) is 9.92. The molecule has 0 saturated heterocycles. The quantitative estimate of drug-likeness (QED) is 0.618. The van der Waals surface area contributed by atoms with Crippen molar-refractivity contribution in [3.8, 4) is 0 Å². The monoisotopic (exact) mass is 317 g/mol. The second kappa shape index (κ2) is 8.44. The van der Waals surface area contributed by atoms with Gasteiger partial charge in [-0.15, -0.1) is 0 Å². The van der Waals surface area contributed by atoms with Crippen molar-refractivity contribution in [1.29, 1.82) is 0 Å². The maximum Gasteiger partial charge on any atom is 0.274 e. The Morgan fingerprint density at radius 2 is 2.15 bits per heavy atom. The first kappa shape index (κ1) is 17.2. The third-order valence-electron chi connectivity index (χ3n) is 3.09. The minimum atomic E-state index is -0.254. The summed E-state index contributed by atoms with van der Waals surface area (Å²) in [6.07, 6.45) is 4.92. The van der Waals surface area contributed by atoms with E-state index in [2.05, 4.69) is 9.97 Å². The average Bonchev–Trinajstić information content (AvgIpc) is 2.47. The highest BCUT2D eigenvalue weighted by molar-refractivity contribution is 7.98. The number of hydrogen-bond acceptors (Lipinski definition) is 5. The fourth-order valence-electron chi connectivity index (χ4n) is 2.02. The minimum Gasteiger partial charge on any atom is -0.395 e. The molecule has 20 heavy (non-hydrogen) atoms. The summed E-state index contributed by atoms with van der Waals surface area (Å²) < 4.78 is 0. The average molecular weight is 318 g/mol. The van der Waals surface area contributed by atoms with E-state index in [0.29, 0.717) is 5.16 Å². The molecule has 0 aliphatic carbocycles. The molecule has 1 aromatic rings. The number of carbonyl (C=O) groups excluding carboxylic acids is 1. The van der Waals surface area contributed by atoms with Crippen LogP contribution in [-0.2, 0) is 0 Å². The lowest BCUT2D eigenvalue weighted by atomic mass is 10.1. The first-order valence-electron chi connectivity index (χ1n) is 6.57. The van der Waals surface area contributed by atoms with Crippen LogP contribution in [0.4, 0.5) is 0 Å². The number of nitrogens with zero attached hydrogens (tertiary/aromatic N) is 3. The molecule has 0 aliphatic heterocycles. The lowest BCUT2D eigenvalue weighted by Crippen LogP contribution is -2.42. The van der Waals surface area contributed by atoms with E-state index >= 15 is 0 Å². The summed E-state index contributed by atoms with van der Waals surface area (Å²) in [5.74, 6) is -0.254. The van der Waals surface area contributed by atoms with Gasteiger partial charge in [0.15, 0.2) is 10.9 Å². The molecule has 1 rings (SSSR count). The largest absolute Gasteiger partial charge is 0.395 e. The molecule has 0 aliphatic rings. The van der Waals surface area contributed by atoms with Crippen LogP contribution in [0.15, 0.2) is 11.4 Å². The van der Waals surface area contributed by atoms with E-state index in [1.165, 1.54) is 18.0 Å². The highest BCUT2D eigenvalue weighted by atomic mass is 35.5. The first-order chi connectivity index (χ1) is 9.58. The molecule has 0 saturated carbocycles. The SMILES string of the molecule is CCC(CC)N(CCO)C(=O)c1nc(SC)ncc1Cl. The highest BCUT2D eigenvalue weighted by Gasteiger charge is 2.25. The number of amides is 1. The number of halogens is 1. The summed E-state index contributed by atoms with van der Waals surface area (Å²) in [6.45, 7) is 4.22. The summed E-state index contributed by atoms with van der Waals surface area (Å²) in [4.78, 5) is 22.5. The van der Waals surface area contributed by atoms with Gasteiger partial charge in [0.05, 0.1) is 17.8 Å². The summed E-state index contributed by atoms with van der Waals surface area (Å²) in [5.41, 5.74) is 0.200. The topological polar surface area (TPSA) is 66.3 Å². The molecule has 0 bridgehead atoms. The van der Waals surface area contributed by atoms with Crippen LogP contribution < -0.4 is 0 Å². The van der Waals surface area contributed by atoms with E-state index < -0.39 is 0 Å². The Morgan fingerprint density at radius 3 is 2.65 bits per heavy atom. The molecule has 1 aromatic heterocycles. The van der Waals surface area contributed by atoms with Gasteiger partial charge in [0.1, 0.15) is 0 Å². The van der Waals surface area contributed by atoms with Crippen molar-refractivity contribution in [3.05, 3.63) is 16.9 Å². The van der Waals surface area contributed by atoms with Crippen molar-refractivity contribution >= 4 is 29.3 Å². The number of carbonyl (C=O) groups is 1. The molecule has 7 heteroatoms. The molecule has 1 amide bonds. The fraction of sp³-hybridized carbons (Fsp3) is 0.615. The van der Waals surface area contributed by atoms with Gasteiger partial charge in [-0.2, -0.15) is 0 Å². The van der Waals surface area contributed by atoms with Crippen molar-refractivity contribution in [1.82, 2.24) is 14.9 Å². The maximum absolute atomic E-state index is 12.6. The summed E-state index contributed by atoms with van der Waals surface area (Å²) >= 11 is 7.39. The van der Waals surface area contributed by atoms with Crippen molar-refractivity contribution in [2.75, 3.05) is 19.4 Å². The number of aliphatic hydroxyl groups is 1. The van der Waals surface area contributed by atoms with Gasteiger partial charge < -0.3 is 10.0 Å². The smallest absolute Gasteiger partial charge is 0.274 e. The van der Waals surface area contributed by atoms with Gasteiger partial charge in [0.2, 0.25) is 0 Å². The Hall–Kier alpha value is -0.850. The van der Waals surface area contributed by atoms with Gasteiger partial charge in [-0.3, -0.25) is 4.79 Å². The molecule has 0 aromatic carbocycles. The van der Waals surface area contributed by atoms with Gasteiger partial charge >= 0.3 is 0 Å². The number of thioether (sulfide) groups is 1. The highest BCUT2D eigenvalue weighted by Crippen LogP contribution is 2.20. The minimum absolute atomic E-state index is 0.0680. The molecule has 0 unspecified atom stereocenters. The normalized spacial score (nSPS) is 10.9. The number of aromatic nitrogens is 2. The van der Waals surface area contributed by atoms with Crippen LogP contribution in [0, 0.1) is 0 Å². The second-order valence-corrected chi connectivity index (χ2v) is 5.43. The van der Waals surface area contributed by atoms with E-state index in [1.807, 2.05) is 20.1 Å². The van der Waals surface area contributed by atoms with Crippen molar-refractivity contribution in [2.45, 2.75) is 37.9 Å². The molecule has 0 fully saturated rings. The zero-order chi connectivity index (χ0) is 15.1. The van der Waals surface area contributed by atoms with E-state index in [9.17, 15) is 9.90 Å². The Morgan fingerprint density at radius 1 is 1.50 bits per heavy atom. The second-order valence-electron chi connectivity index (χ2n) is 4.25. The maximum atomic E-state index is 12.6. The molecule has 0 radical (unpaired) electrons. The van der Waals surface area contributed by atoms with Crippen LogP contribution in [0.5, 0.6) is 0 Å². The van der Waals surface area contributed by atoms with Crippen LogP contribution in [0.25, 0.3) is 0 Å². The Bertz CT molecular complexity index is 455. The van der Waals surface area contributed by atoms with E-state index in [1.54, 1.807) is 4.90 Å². The molecule has 1 N–H and O–H groups in total. The number of rotatable bonds is 7. The summed E-state index contributed by atoms with van der Waals surface area (Å²) in [6, 6.07) is 0.0680. The van der Waals surface area contributed by atoms with E-state index in [-0.39, 0.29) is 35.8 Å². The Labute approximate surface area is 128 Å². The number of hydrogen-bond donors (Lipinski definition) is 1. The summed E-state index contributed by atoms with van der Waals surface area (Å²) in [7, 11) is 0. The van der Waals surface area contributed by atoms with Crippen LogP contribution in [0.2, 0.25) is 5.02 Å². The molecule has 0 spiro atoms. The molecule has 112 valence electrons. The van der Waals surface area contributed by atoms with Crippen molar-refractivity contribution < 1.29 is 9.90 Å². The zero-order valence-corrected chi connectivity index (χ0v) is 13.5. The molecule has 0 atom stereocenters. The van der Waals surface area contributed by atoms with Gasteiger partial charge in [0.25, 0.3) is 5.91 Å². The Kier molecular flexibility index (Phi) is 7.26. The van der Waals surface area contributed by atoms with Crippen LogP contribution in [0.1, 0.15) is 37.2 Å². The molecule has 5 nitrogen and oxygen atoms in total. The molecular weight excluding hydrogens is 298 g/mol. The molecule has 1 heterocycles. The third kappa shape index (κ3) is 4.07. The fourth-order valence-corrected chi connectivity index (χ4v) is 2.53. The van der Waals surface area contributed by atoms with Gasteiger partial charge in [-0.25, -0.2) is 9.97 Å².